The van der Waals surface area contributed by atoms with Crippen LogP contribution in [0.4, 0.5) is 11.4 Å². The van der Waals surface area contributed by atoms with Crippen LogP contribution in [0.5, 0.6) is 5.75 Å². The number of ether oxygens (including phenoxy) is 1. The number of nitro benzene ring substituents is 1. The Hall–Kier alpha value is -3.75. The van der Waals surface area contributed by atoms with Crippen LogP contribution in [0.15, 0.2) is 53.6 Å². The number of rotatable bonds is 7. The highest BCUT2D eigenvalue weighted by Gasteiger charge is 2.12. The fourth-order valence-corrected chi connectivity index (χ4v) is 1.94. The number of nitro groups is 1. The van der Waals surface area contributed by atoms with Gasteiger partial charge in [0.1, 0.15) is 5.75 Å². The number of amides is 2. The molecule has 0 bridgehead atoms. The third-order valence-electron chi connectivity index (χ3n) is 3.27. The number of nitrogens with one attached hydrogen (secondary N) is 2. The number of carbonyl (C=O) groups is 2. The van der Waals surface area contributed by atoms with Crippen molar-refractivity contribution in [3.8, 4) is 5.75 Å². The summed E-state index contributed by atoms with van der Waals surface area (Å²) in [4.78, 5) is 33.6. The van der Waals surface area contributed by atoms with E-state index in [0.717, 1.165) is 6.42 Å². The maximum atomic E-state index is 11.8. The Morgan fingerprint density at radius 1 is 1.11 bits per heavy atom. The first-order valence-corrected chi connectivity index (χ1v) is 8.11. The van der Waals surface area contributed by atoms with Crippen molar-refractivity contribution >= 4 is 29.4 Å². The minimum Gasteiger partial charge on any atom is -0.494 e. The lowest BCUT2D eigenvalue weighted by Gasteiger charge is -2.07. The minimum atomic E-state index is -0.945. The van der Waals surface area contributed by atoms with Gasteiger partial charge in [0.05, 0.1) is 17.7 Å². The summed E-state index contributed by atoms with van der Waals surface area (Å²) >= 11 is 0. The number of hydrogen-bond donors (Lipinski definition) is 2. The van der Waals surface area contributed by atoms with Crippen molar-refractivity contribution in [1.82, 2.24) is 5.43 Å². The van der Waals surface area contributed by atoms with Gasteiger partial charge in [0.2, 0.25) is 0 Å². The van der Waals surface area contributed by atoms with E-state index in [9.17, 15) is 19.7 Å². The molecule has 9 heteroatoms. The summed E-state index contributed by atoms with van der Waals surface area (Å²) in [6, 6.07) is 12.2. The predicted octanol–water partition coefficient (Wildman–Crippen LogP) is 2.47. The predicted molar refractivity (Wildman–Crippen MR) is 99.7 cm³/mol. The Labute approximate surface area is 155 Å². The fraction of sp³-hybridized carbons (Fsp3) is 0.167. The van der Waals surface area contributed by atoms with Crippen molar-refractivity contribution < 1.29 is 19.2 Å². The molecular weight excluding hydrogens is 352 g/mol. The topological polar surface area (TPSA) is 123 Å². The summed E-state index contributed by atoms with van der Waals surface area (Å²) in [7, 11) is 0. The van der Waals surface area contributed by atoms with Crippen molar-refractivity contribution in [1.29, 1.82) is 0 Å². The average molecular weight is 370 g/mol. The van der Waals surface area contributed by atoms with Crippen LogP contribution in [-0.4, -0.2) is 29.6 Å². The van der Waals surface area contributed by atoms with E-state index in [4.69, 9.17) is 4.74 Å². The van der Waals surface area contributed by atoms with Gasteiger partial charge in [0.25, 0.3) is 5.69 Å². The van der Waals surface area contributed by atoms with Gasteiger partial charge in [-0.3, -0.25) is 19.7 Å². The number of hydrazone groups is 1. The molecule has 27 heavy (non-hydrogen) atoms. The van der Waals surface area contributed by atoms with E-state index in [0.29, 0.717) is 23.6 Å². The molecule has 0 radical (unpaired) electrons. The fourth-order valence-electron chi connectivity index (χ4n) is 1.94. The van der Waals surface area contributed by atoms with Crippen LogP contribution in [-0.2, 0) is 9.59 Å². The highest BCUT2D eigenvalue weighted by atomic mass is 16.6. The molecule has 2 rings (SSSR count). The number of benzene rings is 2. The zero-order valence-corrected chi connectivity index (χ0v) is 14.5. The molecule has 2 N–H and O–H groups in total. The van der Waals surface area contributed by atoms with Crippen LogP contribution in [0.1, 0.15) is 18.9 Å². The number of anilines is 1. The van der Waals surface area contributed by atoms with Crippen molar-refractivity contribution in [2.24, 2.45) is 5.10 Å². The molecule has 0 aliphatic carbocycles. The lowest BCUT2D eigenvalue weighted by molar-refractivity contribution is -0.384. The smallest absolute Gasteiger partial charge is 0.329 e. The van der Waals surface area contributed by atoms with E-state index in [1.807, 2.05) is 6.92 Å². The Balaban J connectivity index is 1.84. The summed E-state index contributed by atoms with van der Waals surface area (Å²) in [5.41, 5.74) is 3.01. The second kappa shape index (κ2) is 9.66. The van der Waals surface area contributed by atoms with E-state index in [-0.39, 0.29) is 5.69 Å². The Morgan fingerprint density at radius 2 is 1.78 bits per heavy atom. The average Bonchev–Trinajstić information content (AvgIpc) is 2.67. The summed E-state index contributed by atoms with van der Waals surface area (Å²) in [6.07, 6.45) is 2.16. The summed E-state index contributed by atoms with van der Waals surface area (Å²) in [6.45, 7) is 2.60. The molecule has 0 fully saturated rings. The second-order valence-corrected chi connectivity index (χ2v) is 5.37. The van der Waals surface area contributed by atoms with Gasteiger partial charge in [-0.1, -0.05) is 6.92 Å². The third kappa shape index (κ3) is 6.24. The van der Waals surface area contributed by atoms with E-state index in [1.54, 1.807) is 24.3 Å². The molecule has 0 aliphatic heterocycles. The van der Waals surface area contributed by atoms with Crippen LogP contribution >= 0.6 is 0 Å². The number of nitrogens with zero attached hydrogens (tertiary/aromatic N) is 2. The van der Waals surface area contributed by atoms with Gasteiger partial charge in [-0.15, -0.1) is 0 Å². The van der Waals surface area contributed by atoms with Crippen LogP contribution in [0.25, 0.3) is 0 Å². The Bertz CT molecular complexity index is 832. The van der Waals surface area contributed by atoms with Crippen molar-refractivity contribution in [3.63, 3.8) is 0 Å². The Morgan fingerprint density at radius 3 is 2.37 bits per heavy atom. The second-order valence-electron chi connectivity index (χ2n) is 5.37. The molecule has 0 aliphatic rings. The summed E-state index contributed by atoms with van der Waals surface area (Å²) in [5.74, 6) is -1.15. The first-order valence-electron chi connectivity index (χ1n) is 8.11. The lowest BCUT2D eigenvalue weighted by atomic mass is 10.2. The van der Waals surface area contributed by atoms with Crippen molar-refractivity contribution in [2.75, 3.05) is 11.9 Å². The van der Waals surface area contributed by atoms with Gasteiger partial charge in [0.15, 0.2) is 0 Å². The molecule has 0 unspecified atom stereocenters. The van der Waals surface area contributed by atoms with E-state index >= 15 is 0 Å². The monoisotopic (exact) mass is 370 g/mol. The van der Waals surface area contributed by atoms with Crippen LogP contribution in [0, 0.1) is 10.1 Å². The normalized spacial score (nSPS) is 10.4. The SMILES string of the molecule is CCCOc1ccc(NC(=O)C(=O)N/N=C\c2ccc([N+](=O)[O-])cc2)cc1. The molecule has 0 saturated heterocycles. The molecule has 2 amide bonds. The lowest BCUT2D eigenvalue weighted by Crippen LogP contribution is -2.32. The standard InChI is InChI=1S/C18H18N4O5/c1-2-11-27-16-9-5-14(6-10-16)20-17(23)18(24)21-19-12-13-3-7-15(8-4-13)22(25)26/h3-10,12H,2,11H2,1H3,(H,20,23)(H,21,24)/b19-12-. The van der Waals surface area contributed by atoms with Gasteiger partial charge >= 0.3 is 11.8 Å². The van der Waals surface area contributed by atoms with E-state index in [2.05, 4.69) is 15.8 Å². The van der Waals surface area contributed by atoms with E-state index in [1.165, 1.54) is 30.5 Å². The van der Waals surface area contributed by atoms with Crippen molar-refractivity contribution in [3.05, 3.63) is 64.2 Å². The molecule has 0 atom stereocenters. The largest absolute Gasteiger partial charge is 0.494 e. The maximum Gasteiger partial charge on any atom is 0.329 e. The highest BCUT2D eigenvalue weighted by molar-refractivity contribution is 6.39. The number of hydrogen-bond acceptors (Lipinski definition) is 6. The van der Waals surface area contributed by atoms with E-state index < -0.39 is 16.7 Å². The molecule has 0 saturated carbocycles. The Kier molecular flexibility index (Phi) is 7.00. The molecule has 2 aromatic carbocycles. The molecule has 9 nitrogen and oxygen atoms in total. The number of carbonyl (C=O) groups excluding carboxylic acids is 2. The van der Waals surface area contributed by atoms with Gasteiger partial charge in [-0.05, 0) is 48.4 Å². The molecule has 140 valence electrons. The molecule has 2 aromatic rings. The van der Waals surface area contributed by atoms with Gasteiger partial charge in [-0.25, -0.2) is 5.43 Å². The molecule has 0 aromatic heterocycles. The molecule has 0 heterocycles. The zero-order chi connectivity index (χ0) is 19.6. The minimum absolute atomic E-state index is 0.0540. The molecular formula is C18H18N4O5. The molecule has 0 spiro atoms. The highest BCUT2D eigenvalue weighted by Crippen LogP contribution is 2.15. The van der Waals surface area contributed by atoms with Crippen LogP contribution < -0.4 is 15.5 Å². The van der Waals surface area contributed by atoms with Crippen LogP contribution in [0.3, 0.4) is 0 Å². The quantitative estimate of drug-likeness (QED) is 0.335. The first-order chi connectivity index (χ1) is 13.0. The van der Waals surface area contributed by atoms with Gasteiger partial charge in [-0.2, -0.15) is 5.10 Å². The first kappa shape index (κ1) is 19.6. The third-order valence-corrected chi connectivity index (χ3v) is 3.27. The zero-order valence-electron chi connectivity index (χ0n) is 14.5. The summed E-state index contributed by atoms with van der Waals surface area (Å²) in [5, 5.41) is 16.7. The summed E-state index contributed by atoms with van der Waals surface area (Å²) < 4.78 is 5.43. The van der Waals surface area contributed by atoms with Gasteiger partial charge < -0.3 is 10.1 Å². The van der Waals surface area contributed by atoms with Crippen molar-refractivity contribution in [2.45, 2.75) is 13.3 Å². The number of non-ortho nitro benzene ring substituents is 1. The van der Waals surface area contributed by atoms with Crippen LogP contribution in [0.2, 0.25) is 0 Å². The maximum absolute atomic E-state index is 11.8. The van der Waals surface area contributed by atoms with Gasteiger partial charge in [0, 0.05) is 17.8 Å².